The fourth-order valence-electron chi connectivity index (χ4n) is 1.53. The van der Waals surface area contributed by atoms with E-state index < -0.39 is 23.4 Å². The molecule has 0 aromatic carbocycles. The minimum Gasteiger partial charge on any atom is -0.354 e. The zero-order valence-electron chi connectivity index (χ0n) is 9.60. The van der Waals surface area contributed by atoms with Gasteiger partial charge in [0.25, 0.3) is 0 Å². The number of hydrogen-bond donors (Lipinski definition) is 2. The van der Waals surface area contributed by atoms with Crippen molar-refractivity contribution >= 4 is 11.8 Å². The molecule has 1 aromatic heterocycles. The van der Waals surface area contributed by atoms with Gasteiger partial charge in [0, 0.05) is 6.54 Å². The molecule has 1 heterocycles. The molecule has 0 saturated heterocycles. The van der Waals surface area contributed by atoms with Gasteiger partial charge in [0.15, 0.2) is 11.6 Å². The van der Waals surface area contributed by atoms with Crippen LogP contribution >= 0.6 is 0 Å². The largest absolute Gasteiger partial charge is 0.411 e. The molecule has 0 radical (unpaired) electrons. The molecule has 1 aliphatic carbocycles. The molecule has 4 nitrogen and oxygen atoms in total. The van der Waals surface area contributed by atoms with E-state index in [0.717, 1.165) is 6.20 Å². The van der Waals surface area contributed by atoms with Crippen molar-refractivity contribution in [2.24, 2.45) is 0 Å². The molecule has 2 N–H and O–H groups in total. The van der Waals surface area contributed by atoms with E-state index in [1.54, 1.807) is 6.92 Å². The second-order valence-corrected chi connectivity index (χ2v) is 4.13. The molecule has 8 heteroatoms. The number of alkyl halides is 3. The van der Waals surface area contributed by atoms with E-state index in [-0.39, 0.29) is 18.8 Å². The van der Waals surface area contributed by atoms with Crippen LogP contribution in [0.1, 0.15) is 19.8 Å². The highest BCUT2D eigenvalue weighted by Gasteiger charge is 2.64. The average molecular weight is 264 g/mol. The Labute approximate surface area is 101 Å². The zero-order valence-corrected chi connectivity index (χ0v) is 9.60. The highest BCUT2D eigenvalue weighted by Crippen LogP contribution is 2.51. The molecular formula is C10H12F4N4. The molecule has 0 spiro atoms. The molecule has 2 rings (SSSR count). The third kappa shape index (κ3) is 2.32. The van der Waals surface area contributed by atoms with Crippen molar-refractivity contribution in [2.75, 3.05) is 17.2 Å². The molecule has 0 unspecified atom stereocenters. The summed E-state index contributed by atoms with van der Waals surface area (Å²) in [5.41, 5.74) is -2.04. The summed E-state index contributed by atoms with van der Waals surface area (Å²) in [6, 6.07) is 0. The lowest BCUT2D eigenvalue weighted by molar-refractivity contribution is -0.151. The van der Waals surface area contributed by atoms with Gasteiger partial charge >= 0.3 is 6.18 Å². The Hall–Kier alpha value is -1.60. The number of nitrogens with zero attached hydrogens (tertiary/aromatic N) is 2. The Balaban J connectivity index is 2.21. The molecule has 0 amide bonds. The lowest BCUT2D eigenvalue weighted by atomic mass is 10.2. The monoisotopic (exact) mass is 264 g/mol. The summed E-state index contributed by atoms with van der Waals surface area (Å²) < 4.78 is 51.5. The molecule has 18 heavy (non-hydrogen) atoms. The first-order valence-electron chi connectivity index (χ1n) is 5.49. The van der Waals surface area contributed by atoms with E-state index in [2.05, 4.69) is 20.6 Å². The Morgan fingerprint density at radius 1 is 1.39 bits per heavy atom. The van der Waals surface area contributed by atoms with Gasteiger partial charge < -0.3 is 10.6 Å². The first-order valence-corrected chi connectivity index (χ1v) is 5.49. The van der Waals surface area contributed by atoms with Crippen LogP contribution in [0.2, 0.25) is 0 Å². The molecule has 0 aliphatic heterocycles. The van der Waals surface area contributed by atoms with E-state index >= 15 is 0 Å². The molecular weight excluding hydrogens is 252 g/mol. The third-order valence-corrected chi connectivity index (χ3v) is 2.73. The van der Waals surface area contributed by atoms with Crippen molar-refractivity contribution in [3.8, 4) is 0 Å². The zero-order chi connectivity index (χ0) is 13.4. The lowest BCUT2D eigenvalue weighted by Gasteiger charge is -2.21. The minimum atomic E-state index is -4.41. The van der Waals surface area contributed by atoms with Gasteiger partial charge in [0.2, 0.25) is 5.95 Å². The lowest BCUT2D eigenvalue weighted by Crippen LogP contribution is -2.39. The highest BCUT2D eigenvalue weighted by atomic mass is 19.4. The molecule has 0 bridgehead atoms. The van der Waals surface area contributed by atoms with Crippen molar-refractivity contribution in [1.29, 1.82) is 0 Å². The van der Waals surface area contributed by atoms with Crippen molar-refractivity contribution in [2.45, 2.75) is 31.5 Å². The maximum atomic E-state index is 13.4. The molecule has 0 atom stereocenters. The standard InChI is InChI=1S/C10H12F4N4/c1-2-15-8-16-5-6(11)7(17-8)18-9(3-4-9)10(12,13)14/h5H,2-4H2,1H3,(H2,15,16,17,18). The summed E-state index contributed by atoms with van der Waals surface area (Å²) in [6.45, 7) is 2.27. The van der Waals surface area contributed by atoms with Crippen LogP contribution in [0, 0.1) is 5.82 Å². The Bertz CT molecular complexity index is 442. The fourth-order valence-corrected chi connectivity index (χ4v) is 1.53. The van der Waals surface area contributed by atoms with E-state index in [9.17, 15) is 17.6 Å². The van der Waals surface area contributed by atoms with Gasteiger partial charge in [0.1, 0.15) is 5.54 Å². The maximum Gasteiger partial charge on any atom is 0.411 e. The fraction of sp³-hybridized carbons (Fsp3) is 0.600. The quantitative estimate of drug-likeness (QED) is 0.820. The van der Waals surface area contributed by atoms with Crippen molar-refractivity contribution in [3.63, 3.8) is 0 Å². The number of hydrogen-bond acceptors (Lipinski definition) is 4. The summed E-state index contributed by atoms with van der Waals surface area (Å²) in [5, 5.41) is 4.86. The van der Waals surface area contributed by atoms with E-state index in [1.807, 2.05) is 0 Å². The molecule has 1 aromatic rings. The Morgan fingerprint density at radius 2 is 2.06 bits per heavy atom. The normalized spacial score (nSPS) is 17.4. The predicted octanol–water partition coefficient (Wildman–Crippen LogP) is 2.55. The summed E-state index contributed by atoms with van der Waals surface area (Å²) in [6.07, 6.45) is -3.71. The number of aromatic nitrogens is 2. The summed E-state index contributed by atoms with van der Waals surface area (Å²) in [4.78, 5) is 7.32. The van der Waals surface area contributed by atoms with Crippen LogP contribution in [0.5, 0.6) is 0 Å². The second kappa shape index (κ2) is 4.25. The first-order chi connectivity index (χ1) is 8.38. The van der Waals surface area contributed by atoms with Gasteiger partial charge in [-0.3, -0.25) is 0 Å². The Morgan fingerprint density at radius 3 is 2.56 bits per heavy atom. The number of anilines is 2. The number of rotatable bonds is 4. The van der Waals surface area contributed by atoms with Crippen molar-refractivity contribution < 1.29 is 17.6 Å². The number of halogens is 4. The summed E-state index contributed by atoms with van der Waals surface area (Å²) >= 11 is 0. The Kier molecular flexibility index (Phi) is 3.04. The maximum absolute atomic E-state index is 13.4. The minimum absolute atomic E-state index is 0.0729. The molecule has 1 fully saturated rings. The molecule has 1 saturated carbocycles. The van der Waals surface area contributed by atoms with Gasteiger partial charge in [-0.05, 0) is 19.8 Å². The smallest absolute Gasteiger partial charge is 0.354 e. The van der Waals surface area contributed by atoms with E-state index in [1.165, 1.54) is 0 Å². The third-order valence-electron chi connectivity index (χ3n) is 2.73. The van der Waals surface area contributed by atoms with Crippen LogP contribution in [-0.4, -0.2) is 28.2 Å². The first kappa shape index (κ1) is 12.8. The topological polar surface area (TPSA) is 49.8 Å². The average Bonchev–Trinajstić information content (AvgIpc) is 3.04. The SMILES string of the molecule is CCNc1ncc(F)c(NC2(C(F)(F)F)CC2)n1. The molecule has 1 aliphatic rings. The van der Waals surface area contributed by atoms with Crippen LogP contribution < -0.4 is 10.6 Å². The van der Waals surface area contributed by atoms with E-state index in [4.69, 9.17) is 0 Å². The van der Waals surface area contributed by atoms with Crippen LogP contribution in [0.4, 0.5) is 29.3 Å². The van der Waals surface area contributed by atoms with Gasteiger partial charge in [0.05, 0.1) is 6.20 Å². The second-order valence-electron chi connectivity index (χ2n) is 4.13. The highest BCUT2D eigenvalue weighted by molar-refractivity contribution is 5.46. The van der Waals surface area contributed by atoms with Gasteiger partial charge in [-0.2, -0.15) is 18.2 Å². The molecule has 100 valence electrons. The van der Waals surface area contributed by atoms with Crippen LogP contribution in [0.15, 0.2) is 6.20 Å². The van der Waals surface area contributed by atoms with Gasteiger partial charge in [-0.15, -0.1) is 0 Å². The van der Waals surface area contributed by atoms with Crippen molar-refractivity contribution in [3.05, 3.63) is 12.0 Å². The van der Waals surface area contributed by atoms with Crippen LogP contribution in [0.25, 0.3) is 0 Å². The van der Waals surface area contributed by atoms with E-state index in [0.29, 0.717) is 6.54 Å². The predicted molar refractivity (Wildman–Crippen MR) is 57.8 cm³/mol. The van der Waals surface area contributed by atoms with Crippen LogP contribution in [0.3, 0.4) is 0 Å². The van der Waals surface area contributed by atoms with Gasteiger partial charge in [-0.25, -0.2) is 9.37 Å². The summed E-state index contributed by atoms with van der Waals surface area (Å²) in [7, 11) is 0. The number of nitrogens with one attached hydrogen (secondary N) is 2. The summed E-state index contributed by atoms with van der Waals surface area (Å²) in [5.74, 6) is -1.22. The van der Waals surface area contributed by atoms with Crippen LogP contribution in [-0.2, 0) is 0 Å². The van der Waals surface area contributed by atoms with Gasteiger partial charge in [-0.1, -0.05) is 0 Å². The van der Waals surface area contributed by atoms with Crippen molar-refractivity contribution in [1.82, 2.24) is 9.97 Å².